The fourth-order valence-corrected chi connectivity index (χ4v) is 2.79. The summed E-state index contributed by atoms with van der Waals surface area (Å²) in [5, 5.41) is 4.04. The Morgan fingerprint density at radius 3 is 2.37 bits per heavy atom. The number of ether oxygens (including phenoxy) is 1. The van der Waals surface area contributed by atoms with Crippen molar-refractivity contribution in [3.63, 3.8) is 0 Å². The Morgan fingerprint density at radius 1 is 1.11 bits per heavy atom. The Labute approximate surface area is 157 Å². The van der Waals surface area contributed by atoms with Crippen LogP contribution in [0.4, 0.5) is 13.2 Å². The Bertz CT molecular complexity index is 954. The van der Waals surface area contributed by atoms with Crippen LogP contribution in [0.25, 0.3) is 11.3 Å². The normalized spacial score (nSPS) is 12.6. The molecule has 0 bridgehead atoms. The highest BCUT2D eigenvalue weighted by atomic mass is 35.5. The minimum atomic E-state index is -4.79. The maximum Gasteiger partial charge on any atom is 0.429 e. The summed E-state index contributed by atoms with van der Waals surface area (Å²) in [6.45, 7) is 1.41. The van der Waals surface area contributed by atoms with Gasteiger partial charge in [0, 0.05) is 11.1 Å². The lowest BCUT2D eigenvalue weighted by Gasteiger charge is -2.21. The number of aromatic nitrogens is 1. The molecule has 0 saturated heterocycles. The summed E-state index contributed by atoms with van der Waals surface area (Å²) in [4.78, 5) is 12.6. The topological polar surface area (TPSA) is 52.3 Å². The van der Waals surface area contributed by atoms with Crippen molar-refractivity contribution in [3.05, 3.63) is 76.5 Å². The smallest absolute Gasteiger partial charge is 0.429 e. The molecule has 0 amide bonds. The molecule has 0 aliphatic carbocycles. The highest BCUT2D eigenvalue weighted by Crippen LogP contribution is 2.38. The molecular weight excluding hydrogens is 383 g/mol. The van der Waals surface area contributed by atoms with E-state index in [9.17, 15) is 18.0 Å². The number of rotatable bonds is 4. The van der Waals surface area contributed by atoms with E-state index in [1.54, 1.807) is 30.3 Å². The first-order chi connectivity index (χ1) is 12.8. The number of carbonyl (C=O) groups is 1. The molecule has 2 aromatic carbocycles. The van der Waals surface area contributed by atoms with Gasteiger partial charge in [0.25, 0.3) is 0 Å². The predicted octanol–water partition coefficient (Wildman–Crippen LogP) is 5.76. The monoisotopic (exact) mass is 395 g/mol. The molecule has 4 nitrogen and oxygen atoms in total. The first-order valence-corrected chi connectivity index (χ1v) is 8.20. The summed E-state index contributed by atoms with van der Waals surface area (Å²) in [5.74, 6) is -1.17. The van der Waals surface area contributed by atoms with Crippen LogP contribution in [-0.2, 0) is 4.74 Å². The first kappa shape index (κ1) is 19.0. The number of esters is 1. The minimum absolute atomic E-state index is 0.0251. The molecule has 0 N–H and O–H groups in total. The van der Waals surface area contributed by atoms with Crippen LogP contribution >= 0.6 is 11.6 Å². The molecule has 1 heterocycles. The lowest BCUT2D eigenvalue weighted by Crippen LogP contribution is -2.26. The van der Waals surface area contributed by atoms with E-state index in [1.807, 2.05) is 0 Å². The van der Waals surface area contributed by atoms with Crippen LogP contribution in [0.1, 0.15) is 27.8 Å². The molecule has 0 spiro atoms. The molecule has 0 saturated carbocycles. The van der Waals surface area contributed by atoms with Gasteiger partial charge in [0.05, 0.1) is 5.02 Å². The highest BCUT2D eigenvalue weighted by molar-refractivity contribution is 6.33. The lowest BCUT2D eigenvalue weighted by atomic mass is 10.1. The molecule has 1 atom stereocenters. The van der Waals surface area contributed by atoms with Gasteiger partial charge in [-0.05, 0) is 13.0 Å². The van der Waals surface area contributed by atoms with Crippen molar-refractivity contribution in [2.45, 2.75) is 19.2 Å². The third-order valence-electron chi connectivity index (χ3n) is 3.82. The molecule has 8 heteroatoms. The molecule has 140 valence electrons. The van der Waals surface area contributed by atoms with E-state index >= 15 is 0 Å². The Kier molecular flexibility index (Phi) is 5.23. The predicted molar refractivity (Wildman–Crippen MR) is 92.3 cm³/mol. The van der Waals surface area contributed by atoms with Crippen LogP contribution < -0.4 is 0 Å². The average molecular weight is 396 g/mol. The Morgan fingerprint density at radius 2 is 1.74 bits per heavy atom. The van der Waals surface area contributed by atoms with Crippen molar-refractivity contribution in [1.29, 1.82) is 0 Å². The molecule has 1 aromatic heterocycles. The van der Waals surface area contributed by atoms with Crippen molar-refractivity contribution in [2.75, 3.05) is 0 Å². The Balaban J connectivity index is 1.99. The fraction of sp³-hybridized carbons (Fsp3) is 0.158. The van der Waals surface area contributed by atoms with E-state index in [4.69, 9.17) is 20.9 Å². The van der Waals surface area contributed by atoms with E-state index < -0.39 is 18.2 Å². The SMILES string of the molecule is Cc1onc(-c2ccccc2Cl)c1C(=O)O[C@@H](c1ccccc1)C(F)(F)F. The number of benzene rings is 2. The Hall–Kier alpha value is -2.80. The second-order valence-corrected chi connectivity index (χ2v) is 6.09. The van der Waals surface area contributed by atoms with Crippen LogP contribution in [0.2, 0.25) is 5.02 Å². The van der Waals surface area contributed by atoms with Gasteiger partial charge in [-0.25, -0.2) is 4.79 Å². The summed E-state index contributed by atoms with van der Waals surface area (Å²) in [6.07, 6.45) is -7.20. The first-order valence-electron chi connectivity index (χ1n) is 7.83. The number of carbonyl (C=O) groups excluding carboxylic acids is 1. The van der Waals surface area contributed by atoms with Crippen LogP contribution in [-0.4, -0.2) is 17.3 Å². The van der Waals surface area contributed by atoms with Crippen LogP contribution in [0.5, 0.6) is 0 Å². The number of nitrogens with zero attached hydrogens (tertiary/aromatic N) is 1. The maximum absolute atomic E-state index is 13.5. The minimum Gasteiger partial charge on any atom is -0.444 e. The van der Waals surface area contributed by atoms with Crippen molar-refractivity contribution in [2.24, 2.45) is 0 Å². The second-order valence-electron chi connectivity index (χ2n) is 5.68. The third kappa shape index (κ3) is 3.98. The zero-order chi connectivity index (χ0) is 19.6. The van der Waals surface area contributed by atoms with Crippen molar-refractivity contribution < 1.29 is 27.2 Å². The van der Waals surface area contributed by atoms with Crippen molar-refractivity contribution in [3.8, 4) is 11.3 Å². The van der Waals surface area contributed by atoms with Gasteiger partial charge in [0.15, 0.2) is 0 Å². The number of hydrogen-bond donors (Lipinski definition) is 0. The van der Waals surface area contributed by atoms with Crippen molar-refractivity contribution >= 4 is 17.6 Å². The maximum atomic E-state index is 13.5. The van der Waals surface area contributed by atoms with E-state index in [0.29, 0.717) is 5.56 Å². The van der Waals surface area contributed by atoms with Crippen LogP contribution in [0, 0.1) is 6.92 Å². The lowest BCUT2D eigenvalue weighted by molar-refractivity contribution is -0.207. The molecule has 0 aliphatic heterocycles. The number of aryl methyl sites for hydroxylation is 1. The highest BCUT2D eigenvalue weighted by Gasteiger charge is 2.45. The van der Waals surface area contributed by atoms with Crippen molar-refractivity contribution in [1.82, 2.24) is 5.16 Å². The van der Waals surface area contributed by atoms with E-state index in [2.05, 4.69) is 5.16 Å². The van der Waals surface area contributed by atoms with Gasteiger partial charge in [0.2, 0.25) is 6.10 Å². The third-order valence-corrected chi connectivity index (χ3v) is 4.15. The van der Waals surface area contributed by atoms with E-state index in [0.717, 1.165) is 0 Å². The molecule has 27 heavy (non-hydrogen) atoms. The fourth-order valence-electron chi connectivity index (χ4n) is 2.57. The largest absolute Gasteiger partial charge is 0.444 e. The van der Waals surface area contributed by atoms with Crippen LogP contribution in [0.15, 0.2) is 59.1 Å². The average Bonchev–Trinajstić information content (AvgIpc) is 3.01. The molecule has 3 rings (SSSR count). The molecule has 0 radical (unpaired) electrons. The standard InChI is InChI=1S/C19H13ClF3NO3/c1-11-15(16(24-27-11)13-9-5-6-10-14(13)20)18(25)26-17(19(21,22)23)12-7-3-2-4-8-12/h2-10,17H,1H3/t17-/m0/s1. The molecule has 0 aliphatic rings. The van der Waals surface area contributed by atoms with Gasteiger partial charge in [-0.1, -0.05) is 65.3 Å². The van der Waals surface area contributed by atoms with Gasteiger partial charge in [-0.2, -0.15) is 13.2 Å². The van der Waals surface area contributed by atoms with E-state index in [-0.39, 0.29) is 27.6 Å². The molecule has 3 aromatic rings. The summed E-state index contributed by atoms with van der Waals surface area (Å²) < 4.78 is 50.2. The van der Waals surface area contributed by atoms with Gasteiger partial charge in [-0.3, -0.25) is 0 Å². The van der Waals surface area contributed by atoms with Crippen LogP contribution in [0.3, 0.4) is 0 Å². The summed E-state index contributed by atoms with van der Waals surface area (Å²) in [5.41, 5.74) is -0.0108. The number of alkyl halides is 3. The number of halogens is 4. The summed E-state index contributed by atoms with van der Waals surface area (Å²) >= 11 is 6.11. The summed E-state index contributed by atoms with van der Waals surface area (Å²) in [7, 11) is 0. The molecular formula is C19H13ClF3NO3. The zero-order valence-corrected chi connectivity index (χ0v) is 14.7. The summed E-state index contributed by atoms with van der Waals surface area (Å²) in [6, 6.07) is 13.4. The molecule has 0 fully saturated rings. The van der Waals surface area contributed by atoms with E-state index in [1.165, 1.54) is 31.2 Å². The second kappa shape index (κ2) is 7.44. The van der Waals surface area contributed by atoms with Gasteiger partial charge < -0.3 is 9.26 Å². The zero-order valence-electron chi connectivity index (χ0n) is 14.0. The molecule has 0 unspecified atom stereocenters. The van der Waals surface area contributed by atoms with Gasteiger partial charge in [-0.15, -0.1) is 0 Å². The van der Waals surface area contributed by atoms with Gasteiger partial charge >= 0.3 is 12.1 Å². The number of hydrogen-bond acceptors (Lipinski definition) is 4. The van der Waals surface area contributed by atoms with Gasteiger partial charge in [0.1, 0.15) is 17.0 Å². The quantitative estimate of drug-likeness (QED) is 0.527.